The highest BCUT2D eigenvalue weighted by Crippen LogP contribution is 2.37. The molecule has 1 aromatic heterocycles. The van der Waals surface area contributed by atoms with Crippen molar-refractivity contribution in [1.29, 1.82) is 0 Å². The second kappa shape index (κ2) is 7.74. The average Bonchev–Trinajstić information content (AvgIpc) is 3.22. The van der Waals surface area contributed by atoms with E-state index in [0.717, 1.165) is 47.1 Å². The molecule has 1 fully saturated rings. The highest BCUT2D eigenvalue weighted by atomic mass is 16.5. The number of para-hydroxylation sites is 1. The number of rotatable bonds is 4. The topological polar surface area (TPSA) is 59.8 Å². The van der Waals surface area contributed by atoms with Crippen LogP contribution < -0.4 is 14.4 Å². The van der Waals surface area contributed by atoms with E-state index in [0.29, 0.717) is 19.7 Å². The van der Waals surface area contributed by atoms with Crippen molar-refractivity contribution in [2.45, 2.75) is 13.2 Å². The average molecular weight is 404 g/mol. The van der Waals surface area contributed by atoms with Gasteiger partial charge >= 0.3 is 0 Å². The third-order valence-electron chi connectivity index (χ3n) is 5.78. The van der Waals surface area contributed by atoms with E-state index in [2.05, 4.69) is 16.1 Å². The number of amides is 1. The van der Waals surface area contributed by atoms with E-state index in [9.17, 15) is 4.79 Å². The SMILES string of the molecule is COc1cccc(N2CCN(C(=O)Cn3ncc4c3-c3ccccc3OC4)CC2)c1. The summed E-state index contributed by atoms with van der Waals surface area (Å²) in [5, 5.41) is 4.48. The Morgan fingerprint density at radius 1 is 1.10 bits per heavy atom. The van der Waals surface area contributed by atoms with Gasteiger partial charge in [0.2, 0.25) is 5.91 Å². The number of carbonyl (C=O) groups excluding carboxylic acids is 1. The molecule has 0 N–H and O–H groups in total. The number of anilines is 1. The van der Waals surface area contributed by atoms with Crippen molar-refractivity contribution >= 4 is 11.6 Å². The van der Waals surface area contributed by atoms with Gasteiger partial charge in [0.25, 0.3) is 0 Å². The number of carbonyl (C=O) groups is 1. The van der Waals surface area contributed by atoms with Crippen LogP contribution in [-0.2, 0) is 17.9 Å². The molecule has 3 heterocycles. The maximum absolute atomic E-state index is 13.0. The van der Waals surface area contributed by atoms with E-state index < -0.39 is 0 Å². The summed E-state index contributed by atoms with van der Waals surface area (Å²) in [6.07, 6.45) is 1.80. The molecule has 0 aliphatic carbocycles. The summed E-state index contributed by atoms with van der Waals surface area (Å²) in [7, 11) is 1.67. The molecule has 7 nitrogen and oxygen atoms in total. The smallest absolute Gasteiger partial charge is 0.244 e. The summed E-state index contributed by atoms with van der Waals surface area (Å²) in [6.45, 7) is 3.71. The van der Waals surface area contributed by atoms with Gasteiger partial charge in [0.1, 0.15) is 24.7 Å². The molecule has 0 spiro atoms. The zero-order valence-corrected chi connectivity index (χ0v) is 17.0. The molecule has 2 aliphatic heterocycles. The van der Waals surface area contributed by atoms with Gasteiger partial charge in [-0.3, -0.25) is 9.48 Å². The number of piperazine rings is 1. The predicted octanol–water partition coefficient (Wildman–Crippen LogP) is 2.80. The van der Waals surface area contributed by atoms with Crippen LogP contribution in [0.15, 0.2) is 54.7 Å². The quantitative estimate of drug-likeness (QED) is 0.669. The van der Waals surface area contributed by atoms with Crippen LogP contribution >= 0.6 is 0 Å². The normalized spacial score (nSPS) is 15.2. The van der Waals surface area contributed by atoms with Crippen molar-refractivity contribution < 1.29 is 14.3 Å². The van der Waals surface area contributed by atoms with E-state index in [1.807, 2.05) is 52.0 Å². The maximum Gasteiger partial charge on any atom is 0.244 e. The van der Waals surface area contributed by atoms with Crippen LogP contribution in [0.1, 0.15) is 5.56 Å². The first-order valence-corrected chi connectivity index (χ1v) is 10.2. The van der Waals surface area contributed by atoms with E-state index in [4.69, 9.17) is 9.47 Å². The van der Waals surface area contributed by atoms with Gasteiger partial charge in [0, 0.05) is 49.1 Å². The minimum atomic E-state index is 0.0927. The zero-order chi connectivity index (χ0) is 20.5. The first-order valence-electron chi connectivity index (χ1n) is 10.2. The number of hydrogen-bond donors (Lipinski definition) is 0. The second-order valence-electron chi connectivity index (χ2n) is 7.53. The molecular formula is C23H24N4O3. The monoisotopic (exact) mass is 404 g/mol. The van der Waals surface area contributed by atoms with Crippen molar-refractivity contribution in [2.75, 3.05) is 38.2 Å². The molecule has 1 amide bonds. The molecule has 30 heavy (non-hydrogen) atoms. The molecule has 0 atom stereocenters. The highest BCUT2D eigenvalue weighted by Gasteiger charge is 2.26. The summed E-state index contributed by atoms with van der Waals surface area (Å²) in [5.74, 6) is 1.78. The maximum atomic E-state index is 13.0. The lowest BCUT2D eigenvalue weighted by atomic mass is 10.0. The lowest BCUT2D eigenvalue weighted by Crippen LogP contribution is -2.49. The number of aromatic nitrogens is 2. The van der Waals surface area contributed by atoms with Crippen LogP contribution in [0.2, 0.25) is 0 Å². The lowest BCUT2D eigenvalue weighted by Gasteiger charge is -2.36. The second-order valence-corrected chi connectivity index (χ2v) is 7.53. The van der Waals surface area contributed by atoms with Crippen molar-refractivity contribution in [3.63, 3.8) is 0 Å². The van der Waals surface area contributed by atoms with Gasteiger partial charge in [-0.1, -0.05) is 18.2 Å². The Kier molecular flexibility index (Phi) is 4.78. The molecule has 0 saturated carbocycles. The van der Waals surface area contributed by atoms with E-state index in [-0.39, 0.29) is 12.5 Å². The highest BCUT2D eigenvalue weighted by molar-refractivity contribution is 5.78. The van der Waals surface area contributed by atoms with E-state index in [1.165, 1.54) is 0 Å². The fraction of sp³-hybridized carbons (Fsp3) is 0.304. The van der Waals surface area contributed by atoms with Gasteiger partial charge in [-0.25, -0.2) is 0 Å². The molecule has 5 rings (SSSR count). The third kappa shape index (κ3) is 3.36. The molecule has 2 aliphatic rings. The molecule has 0 bridgehead atoms. The summed E-state index contributed by atoms with van der Waals surface area (Å²) in [6, 6.07) is 16.0. The molecule has 0 unspecified atom stereocenters. The Balaban J connectivity index is 1.27. The first-order chi connectivity index (χ1) is 14.7. The van der Waals surface area contributed by atoms with Gasteiger partial charge in [-0.05, 0) is 24.3 Å². The first kappa shape index (κ1) is 18.5. The predicted molar refractivity (Wildman–Crippen MR) is 114 cm³/mol. The summed E-state index contributed by atoms with van der Waals surface area (Å²) < 4.78 is 12.9. The third-order valence-corrected chi connectivity index (χ3v) is 5.78. The Morgan fingerprint density at radius 2 is 1.93 bits per heavy atom. The van der Waals surface area contributed by atoms with Gasteiger partial charge in [0.15, 0.2) is 0 Å². The molecule has 3 aromatic rings. The fourth-order valence-corrected chi connectivity index (χ4v) is 4.15. The minimum absolute atomic E-state index is 0.0927. The van der Waals surface area contributed by atoms with Gasteiger partial charge in [0.05, 0.1) is 19.0 Å². The van der Waals surface area contributed by atoms with Crippen molar-refractivity contribution in [1.82, 2.24) is 14.7 Å². The largest absolute Gasteiger partial charge is 0.497 e. The van der Waals surface area contributed by atoms with Gasteiger partial charge in [-0.15, -0.1) is 0 Å². The van der Waals surface area contributed by atoms with Crippen LogP contribution in [0.3, 0.4) is 0 Å². The van der Waals surface area contributed by atoms with Crippen molar-refractivity contribution in [3.8, 4) is 22.8 Å². The fourth-order valence-electron chi connectivity index (χ4n) is 4.15. The van der Waals surface area contributed by atoms with Crippen LogP contribution in [0, 0.1) is 0 Å². The number of hydrogen-bond acceptors (Lipinski definition) is 5. The molecule has 0 radical (unpaired) electrons. The number of methoxy groups -OCH3 is 1. The molecule has 2 aromatic carbocycles. The number of fused-ring (bicyclic) bond motifs is 3. The summed E-state index contributed by atoms with van der Waals surface area (Å²) >= 11 is 0. The summed E-state index contributed by atoms with van der Waals surface area (Å²) in [4.78, 5) is 17.2. The molecule has 7 heteroatoms. The number of ether oxygens (including phenoxy) is 2. The molecule has 154 valence electrons. The Hall–Kier alpha value is -3.48. The van der Waals surface area contributed by atoms with E-state index in [1.54, 1.807) is 13.3 Å². The Bertz CT molecular complexity index is 1070. The molecule has 1 saturated heterocycles. The van der Waals surface area contributed by atoms with Gasteiger partial charge in [-0.2, -0.15) is 5.10 Å². The Labute approximate surface area is 175 Å². The van der Waals surface area contributed by atoms with Crippen LogP contribution in [-0.4, -0.2) is 53.9 Å². The zero-order valence-electron chi connectivity index (χ0n) is 17.0. The number of nitrogens with zero attached hydrogens (tertiary/aromatic N) is 4. The lowest BCUT2D eigenvalue weighted by molar-refractivity contribution is -0.132. The van der Waals surface area contributed by atoms with Crippen molar-refractivity contribution in [2.24, 2.45) is 0 Å². The minimum Gasteiger partial charge on any atom is -0.497 e. The summed E-state index contributed by atoms with van der Waals surface area (Å²) in [5.41, 5.74) is 4.12. The standard InChI is InChI=1S/C23H24N4O3/c1-29-19-6-4-5-18(13-19)25-9-11-26(12-10-25)22(28)15-27-23-17(14-24-27)16-30-21-8-3-2-7-20(21)23/h2-8,13-14H,9-12,15-16H2,1H3. The van der Waals surface area contributed by atoms with Crippen LogP contribution in [0.25, 0.3) is 11.3 Å². The van der Waals surface area contributed by atoms with Gasteiger partial charge < -0.3 is 19.3 Å². The number of benzene rings is 2. The van der Waals surface area contributed by atoms with Crippen molar-refractivity contribution in [3.05, 3.63) is 60.3 Å². The van der Waals surface area contributed by atoms with Crippen LogP contribution in [0.4, 0.5) is 5.69 Å². The Morgan fingerprint density at radius 3 is 2.77 bits per heavy atom. The molecular weight excluding hydrogens is 380 g/mol. The van der Waals surface area contributed by atoms with E-state index >= 15 is 0 Å². The van der Waals surface area contributed by atoms with Crippen LogP contribution in [0.5, 0.6) is 11.5 Å².